The monoisotopic (exact) mass is 374 g/mol. The average molecular weight is 374 g/mol. The SMILES string of the molecule is CCN(CC(=O)O)C1CC(NC(=O)C2(c3ccc(C)cc3)CCOCC2)C1. The summed E-state index contributed by atoms with van der Waals surface area (Å²) in [6, 6.07) is 8.61. The minimum Gasteiger partial charge on any atom is -0.480 e. The van der Waals surface area contributed by atoms with Crippen molar-refractivity contribution >= 4 is 11.9 Å². The topological polar surface area (TPSA) is 78.9 Å². The molecule has 1 heterocycles. The second-order valence-electron chi connectivity index (χ2n) is 7.81. The van der Waals surface area contributed by atoms with E-state index < -0.39 is 11.4 Å². The van der Waals surface area contributed by atoms with E-state index in [4.69, 9.17) is 9.84 Å². The van der Waals surface area contributed by atoms with E-state index in [1.54, 1.807) is 0 Å². The third-order valence-electron chi connectivity index (χ3n) is 6.09. The average Bonchev–Trinajstić information content (AvgIpc) is 2.63. The van der Waals surface area contributed by atoms with Crippen LogP contribution in [0.4, 0.5) is 0 Å². The molecule has 1 aliphatic heterocycles. The van der Waals surface area contributed by atoms with Gasteiger partial charge in [0, 0.05) is 25.3 Å². The van der Waals surface area contributed by atoms with Crippen molar-refractivity contribution in [1.29, 1.82) is 0 Å². The molecule has 1 saturated carbocycles. The van der Waals surface area contributed by atoms with Crippen LogP contribution in [0.5, 0.6) is 0 Å². The van der Waals surface area contributed by atoms with Gasteiger partial charge in [-0.1, -0.05) is 36.8 Å². The van der Waals surface area contributed by atoms with Gasteiger partial charge in [0.15, 0.2) is 0 Å². The van der Waals surface area contributed by atoms with Gasteiger partial charge < -0.3 is 15.2 Å². The fourth-order valence-electron chi connectivity index (χ4n) is 4.24. The van der Waals surface area contributed by atoms with Crippen LogP contribution >= 0.6 is 0 Å². The van der Waals surface area contributed by atoms with Crippen molar-refractivity contribution in [2.45, 2.75) is 57.0 Å². The molecule has 2 fully saturated rings. The Kier molecular flexibility index (Phi) is 6.17. The van der Waals surface area contributed by atoms with Crippen molar-refractivity contribution in [1.82, 2.24) is 10.2 Å². The number of likely N-dealkylation sites (N-methyl/N-ethyl adjacent to an activating group) is 1. The van der Waals surface area contributed by atoms with Gasteiger partial charge in [-0.3, -0.25) is 14.5 Å². The van der Waals surface area contributed by atoms with Crippen LogP contribution in [0.1, 0.15) is 43.7 Å². The molecule has 1 aromatic carbocycles. The first kappa shape index (κ1) is 19.8. The second-order valence-corrected chi connectivity index (χ2v) is 7.81. The summed E-state index contributed by atoms with van der Waals surface area (Å²) < 4.78 is 5.52. The van der Waals surface area contributed by atoms with Gasteiger partial charge in [-0.15, -0.1) is 0 Å². The van der Waals surface area contributed by atoms with Crippen LogP contribution in [0.2, 0.25) is 0 Å². The number of aliphatic carboxylic acids is 1. The number of nitrogens with one attached hydrogen (secondary N) is 1. The summed E-state index contributed by atoms with van der Waals surface area (Å²) in [6.45, 7) is 5.98. The maximum atomic E-state index is 13.3. The van der Waals surface area contributed by atoms with Gasteiger partial charge in [0.05, 0.1) is 12.0 Å². The van der Waals surface area contributed by atoms with Crippen LogP contribution in [0.25, 0.3) is 0 Å². The molecular formula is C21H30N2O4. The van der Waals surface area contributed by atoms with Gasteiger partial charge in [0.1, 0.15) is 0 Å². The van der Waals surface area contributed by atoms with Gasteiger partial charge in [-0.05, 0) is 44.7 Å². The first-order valence-corrected chi connectivity index (χ1v) is 9.86. The normalized spacial score (nSPS) is 24.3. The van der Waals surface area contributed by atoms with Crippen molar-refractivity contribution in [3.05, 3.63) is 35.4 Å². The fraction of sp³-hybridized carbons (Fsp3) is 0.619. The van der Waals surface area contributed by atoms with Crippen LogP contribution in [0.3, 0.4) is 0 Å². The van der Waals surface area contributed by atoms with Crippen molar-refractivity contribution in [2.75, 3.05) is 26.3 Å². The Bertz CT molecular complexity index is 661. The summed E-state index contributed by atoms with van der Waals surface area (Å²) in [5, 5.41) is 12.3. The van der Waals surface area contributed by atoms with E-state index in [-0.39, 0.29) is 24.5 Å². The predicted octanol–water partition coefficient (Wildman–Crippen LogP) is 2.10. The van der Waals surface area contributed by atoms with Crippen molar-refractivity contribution in [3.8, 4) is 0 Å². The molecule has 0 unspecified atom stereocenters. The van der Waals surface area contributed by atoms with E-state index in [1.807, 2.05) is 18.7 Å². The second kappa shape index (κ2) is 8.40. The van der Waals surface area contributed by atoms with Gasteiger partial charge in [-0.2, -0.15) is 0 Å². The molecule has 0 aromatic heterocycles. The smallest absolute Gasteiger partial charge is 0.317 e. The highest BCUT2D eigenvalue weighted by molar-refractivity contribution is 5.88. The Balaban J connectivity index is 1.65. The Labute approximate surface area is 160 Å². The molecule has 2 aliphatic rings. The van der Waals surface area contributed by atoms with Gasteiger partial charge >= 0.3 is 5.97 Å². The summed E-state index contributed by atoms with van der Waals surface area (Å²) in [5.41, 5.74) is 1.72. The van der Waals surface area contributed by atoms with Crippen LogP contribution in [-0.2, 0) is 19.7 Å². The number of nitrogens with zero attached hydrogens (tertiary/aromatic N) is 1. The molecular weight excluding hydrogens is 344 g/mol. The summed E-state index contributed by atoms with van der Waals surface area (Å²) >= 11 is 0. The first-order valence-electron chi connectivity index (χ1n) is 9.86. The van der Waals surface area contributed by atoms with Crippen molar-refractivity contribution < 1.29 is 19.4 Å². The third-order valence-corrected chi connectivity index (χ3v) is 6.09. The Morgan fingerprint density at radius 3 is 2.41 bits per heavy atom. The minimum atomic E-state index is -0.801. The van der Waals surface area contributed by atoms with Crippen LogP contribution < -0.4 is 5.32 Å². The molecule has 1 aliphatic carbocycles. The summed E-state index contributed by atoms with van der Waals surface area (Å²) in [6.07, 6.45) is 3.01. The molecule has 2 N–H and O–H groups in total. The molecule has 0 spiro atoms. The van der Waals surface area contributed by atoms with Gasteiger partial charge in [0.25, 0.3) is 0 Å². The molecule has 0 atom stereocenters. The summed E-state index contributed by atoms with van der Waals surface area (Å²) in [4.78, 5) is 26.2. The zero-order chi connectivity index (χ0) is 19.4. The van der Waals surface area contributed by atoms with Crippen LogP contribution in [0, 0.1) is 6.92 Å². The standard InChI is InChI=1S/C21H30N2O4/c1-3-23(14-19(24)25)18-12-17(13-18)22-20(26)21(8-10-27-11-9-21)16-6-4-15(2)5-7-16/h4-7,17-18H,3,8-14H2,1-2H3,(H,22,26)(H,24,25). The highest BCUT2D eigenvalue weighted by Crippen LogP contribution is 2.36. The molecule has 1 amide bonds. The lowest BCUT2D eigenvalue weighted by molar-refractivity contribution is -0.140. The van der Waals surface area contributed by atoms with E-state index >= 15 is 0 Å². The minimum absolute atomic E-state index is 0.0620. The molecule has 1 aromatic rings. The van der Waals surface area contributed by atoms with E-state index in [2.05, 4.69) is 29.6 Å². The Morgan fingerprint density at radius 1 is 1.22 bits per heavy atom. The number of ether oxygens (including phenoxy) is 1. The quantitative estimate of drug-likeness (QED) is 0.764. The van der Waals surface area contributed by atoms with Gasteiger partial charge in [0.2, 0.25) is 5.91 Å². The molecule has 148 valence electrons. The number of carbonyl (C=O) groups is 2. The van der Waals surface area contributed by atoms with E-state index in [0.717, 1.165) is 18.4 Å². The lowest BCUT2D eigenvalue weighted by Crippen LogP contribution is -2.58. The summed E-state index contributed by atoms with van der Waals surface area (Å²) in [5.74, 6) is -0.718. The largest absolute Gasteiger partial charge is 0.480 e. The molecule has 0 radical (unpaired) electrons. The number of carboxylic acids is 1. The number of rotatable bonds is 7. The van der Waals surface area contributed by atoms with E-state index in [9.17, 15) is 9.59 Å². The van der Waals surface area contributed by atoms with E-state index in [0.29, 0.717) is 32.6 Å². The number of hydrogen-bond acceptors (Lipinski definition) is 4. The maximum absolute atomic E-state index is 13.3. The van der Waals surface area contributed by atoms with Crippen LogP contribution in [-0.4, -0.2) is 60.3 Å². The zero-order valence-corrected chi connectivity index (χ0v) is 16.2. The lowest BCUT2D eigenvalue weighted by atomic mass is 9.72. The predicted molar refractivity (Wildman–Crippen MR) is 103 cm³/mol. The third kappa shape index (κ3) is 4.33. The fourth-order valence-corrected chi connectivity index (χ4v) is 4.24. The van der Waals surface area contributed by atoms with Crippen molar-refractivity contribution in [2.24, 2.45) is 0 Å². The number of carbonyl (C=O) groups excluding carboxylic acids is 1. The van der Waals surface area contributed by atoms with Gasteiger partial charge in [-0.25, -0.2) is 0 Å². The number of amides is 1. The number of aryl methyl sites for hydroxylation is 1. The van der Waals surface area contributed by atoms with Crippen LogP contribution in [0.15, 0.2) is 24.3 Å². The molecule has 27 heavy (non-hydrogen) atoms. The highest BCUT2D eigenvalue weighted by atomic mass is 16.5. The number of benzene rings is 1. The van der Waals surface area contributed by atoms with Crippen molar-refractivity contribution in [3.63, 3.8) is 0 Å². The molecule has 6 heteroatoms. The van der Waals surface area contributed by atoms with E-state index in [1.165, 1.54) is 5.56 Å². The number of carboxylic acid groups (broad SMARTS) is 1. The molecule has 3 rings (SSSR count). The first-order chi connectivity index (χ1) is 12.9. The zero-order valence-electron chi connectivity index (χ0n) is 16.2. The Morgan fingerprint density at radius 2 is 1.85 bits per heavy atom. The number of hydrogen-bond donors (Lipinski definition) is 2. The summed E-state index contributed by atoms with van der Waals surface area (Å²) in [7, 11) is 0. The highest BCUT2D eigenvalue weighted by Gasteiger charge is 2.44. The lowest BCUT2D eigenvalue weighted by Gasteiger charge is -2.44. The Hall–Kier alpha value is -1.92. The molecule has 0 bridgehead atoms. The molecule has 1 saturated heterocycles. The maximum Gasteiger partial charge on any atom is 0.317 e. The molecule has 6 nitrogen and oxygen atoms in total.